The van der Waals surface area contributed by atoms with Crippen molar-refractivity contribution in [1.29, 1.82) is 0 Å². The summed E-state index contributed by atoms with van der Waals surface area (Å²) in [5.41, 5.74) is -0.00721. The highest BCUT2D eigenvalue weighted by Gasteiger charge is 2.33. The molecular formula is C12H13ClF2O2S. The third kappa shape index (κ3) is 3.36. The molecule has 0 aliphatic heterocycles. The number of aromatic carboxylic acids is 1. The molecule has 1 aromatic carbocycles. The molecule has 0 radical (unpaired) electrons. The van der Waals surface area contributed by atoms with Crippen molar-refractivity contribution in [3.05, 3.63) is 28.8 Å². The maximum atomic E-state index is 13.3. The molecule has 0 aromatic heterocycles. The molecule has 0 unspecified atom stereocenters. The van der Waals surface area contributed by atoms with Gasteiger partial charge in [-0.05, 0) is 36.2 Å². The van der Waals surface area contributed by atoms with Gasteiger partial charge in [0.05, 0.1) is 11.1 Å². The van der Waals surface area contributed by atoms with Crippen LogP contribution in [0.4, 0.5) is 8.78 Å². The second-order valence-corrected chi connectivity index (χ2v) is 6.15. The maximum absolute atomic E-state index is 13.3. The lowest BCUT2D eigenvalue weighted by molar-refractivity contribution is 0.0693. The minimum Gasteiger partial charge on any atom is -0.478 e. The summed E-state index contributed by atoms with van der Waals surface area (Å²) < 4.78 is 26.6. The van der Waals surface area contributed by atoms with Crippen LogP contribution in [0.3, 0.4) is 0 Å². The SMILES string of the molecule is Cc1c(C(=O)O)ccc(C(F)(F)Cl)c1SC(C)C. The minimum absolute atomic E-state index is 0.0165. The van der Waals surface area contributed by atoms with Gasteiger partial charge in [-0.3, -0.25) is 0 Å². The third-order valence-electron chi connectivity index (χ3n) is 2.30. The number of benzene rings is 1. The molecule has 2 nitrogen and oxygen atoms in total. The minimum atomic E-state index is -3.50. The maximum Gasteiger partial charge on any atom is 0.349 e. The molecule has 1 N–H and O–H groups in total. The number of rotatable bonds is 4. The summed E-state index contributed by atoms with van der Waals surface area (Å²) in [7, 11) is 0. The molecule has 0 aliphatic carbocycles. The third-order valence-corrected chi connectivity index (χ3v) is 3.73. The first-order valence-electron chi connectivity index (χ1n) is 5.25. The Balaban J connectivity index is 3.46. The molecule has 6 heteroatoms. The first-order chi connectivity index (χ1) is 8.14. The van der Waals surface area contributed by atoms with E-state index in [1.165, 1.54) is 18.7 Å². The van der Waals surface area contributed by atoms with E-state index < -0.39 is 11.4 Å². The van der Waals surface area contributed by atoms with E-state index in [2.05, 4.69) is 0 Å². The summed E-state index contributed by atoms with van der Waals surface area (Å²) in [6, 6.07) is 2.24. The van der Waals surface area contributed by atoms with Gasteiger partial charge in [0.1, 0.15) is 0 Å². The fraction of sp³-hybridized carbons (Fsp3) is 0.417. The molecule has 0 amide bonds. The van der Waals surface area contributed by atoms with E-state index >= 15 is 0 Å². The van der Waals surface area contributed by atoms with Gasteiger partial charge in [-0.1, -0.05) is 13.8 Å². The number of thioether (sulfide) groups is 1. The van der Waals surface area contributed by atoms with Crippen LogP contribution in [0.15, 0.2) is 17.0 Å². The second kappa shape index (κ2) is 5.45. The van der Waals surface area contributed by atoms with Gasteiger partial charge in [0.25, 0.3) is 0 Å². The van der Waals surface area contributed by atoms with Crippen molar-refractivity contribution in [3.63, 3.8) is 0 Å². The fourth-order valence-corrected chi connectivity index (χ4v) is 2.83. The predicted octanol–water partition coefficient (Wildman–Crippen LogP) is 4.48. The lowest BCUT2D eigenvalue weighted by Crippen LogP contribution is -2.11. The Kier molecular flexibility index (Phi) is 4.61. The van der Waals surface area contributed by atoms with Crippen LogP contribution in [-0.2, 0) is 5.38 Å². The van der Waals surface area contributed by atoms with Crippen LogP contribution < -0.4 is 0 Å². The molecule has 1 aromatic rings. The highest BCUT2D eigenvalue weighted by atomic mass is 35.5. The lowest BCUT2D eigenvalue weighted by Gasteiger charge is -2.18. The van der Waals surface area contributed by atoms with E-state index in [0.717, 1.165) is 12.1 Å². The number of carbonyl (C=O) groups is 1. The smallest absolute Gasteiger partial charge is 0.349 e. The zero-order valence-corrected chi connectivity index (χ0v) is 11.7. The number of carboxylic acids is 1. The van der Waals surface area contributed by atoms with Crippen molar-refractivity contribution < 1.29 is 18.7 Å². The van der Waals surface area contributed by atoms with Gasteiger partial charge < -0.3 is 5.11 Å². The Hall–Kier alpha value is -0.810. The molecule has 0 bridgehead atoms. The molecule has 0 saturated heterocycles. The van der Waals surface area contributed by atoms with Crippen LogP contribution in [0.25, 0.3) is 0 Å². The van der Waals surface area contributed by atoms with E-state index in [-0.39, 0.29) is 21.3 Å². The lowest BCUT2D eigenvalue weighted by atomic mass is 10.0. The fourth-order valence-electron chi connectivity index (χ4n) is 1.53. The van der Waals surface area contributed by atoms with Crippen LogP contribution in [0.1, 0.15) is 35.3 Å². The molecule has 0 fully saturated rings. The highest BCUT2D eigenvalue weighted by molar-refractivity contribution is 8.00. The first-order valence-corrected chi connectivity index (χ1v) is 6.51. The Labute approximate surface area is 113 Å². The van der Waals surface area contributed by atoms with Crippen molar-refractivity contribution in [2.24, 2.45) is 0 Å². The zero-order valence-electron chi connectivity index (χ0n) is 10.1. The standard InChI is InChI=1S/C12H13ClF2O2S/c1-6(2)18-10-7(3)8(11(16)17)4-5-9(10)12(13,14)15/h4-6H,1-3H3,(H,16,17). The molecule has 0 heterocycles. The van der Waals surface area contributed by atoms with Crippen molar-refractivity contribution in [1.82, 2.24) is 0 Å². The van der Waals surface area contributed by atoms with Gasteiger partial charge >= 0.3 is 11.4 Å². The predicted molar refractivity (Wildman–Crippen MR) is 68.9 cm³/mol. The van der Waals surface area contributed by atoms with Crippen LogP contribution in [0.2, 0.25) is 0 Å². The van der Waals surface area contributed by atoms with Crippen LogP contribution in [0, 0.1) is 6.92 Å². The largest absolute Gasteiger partial charge is 0.478 e. The van der Waals surface area contributed by atoms with Gasteiger partial charge in [0.15, 0.2) is 0 Å². The molecule has 0 spiro atoms. The van der Waals surface area contributed by atoms with E-state index in [1.54, 1.807) is 0 Å². The highest BCUT2D eigenvalue weighted by Crippen LogP contribution is 2.42. The molecule has 0 saturated carbocycles. The quantitative estimate of drug-likeness (QED) is 0.657. The van der Waals surface area contributed by atoms with Crippen molar-refractivity contribution >= 4 is 29.3 Å². The van der Waals surface area contributed by atoms with Crippen molar-refractivity contribution in [3.8, 4) is 0 Å². The van der Waals surface area contributed by atoms with Gasteiger partial charge in [-0.25, -0.2) is 4.79 Å². The summed E-state index contributed by atoms with van der Waals surface area (Å²) in [6.07, 6.45) is 0. The normalized spacial score (nSPS) is 11.9. The average molecular weight is 295 g/mol. The summed E-state index contributed by atoms with van der Waals surface area (Å²) in [5.74, 6) is -1.14. The molecule has 0 atom stereocenters. The topological polar surface area (TPSA) is 37.3 Å². The molecule has 100 valence electrons. The van der Waals surface area contributed by atoms with Crippen LogP contribution in [0.5, 0.6) is 0 Å². The Bertz CT molecular complexity index is 470. The summed E-state index contributed by atoms with van der Waals surface area (Å²) >= 11 is 6.24. The van der Waals surface area contributed by atoms with E-state index in [9.17, 15) is 13.6 Å². The first kappa shape index (κ1) is 15.2. The monoisotopic (exact) mass is 294 g/mol. The molecular weight excluding hydrogens is 282 g/mol. The molecule has 0 aliphatic rings. The Morgan fingerprint density at radius 2 is 2.00 bits per heavy atom. The number of halogens is 3. The summed E-state index contributed by atoms with van der Waals surface area (Å²) in [4.78, 5) is 11.2. The zero-order chi connectivity index (χ0) is 14.1. The number of hydrogen-bond donors (Lipinski definition) is 1. The van der Waals surface area contributed by atoms with Gasteiger partial charge in [0, 0.05) is 10.1 Å². The average Bonchev–Trinajstić information content (AvgIpc) is 2.17. The van der Waals surface area contributed by atoms with E-state index in [1.807, 2.05) is 13.8 Å². The van der Waals surface area contributed by atoms with Crippen molar-refractivity contribution in [2.75, 3.05) is 0 Å². The van der Waals surface area contributed by atoms with Crippen molar-refractivity contribution in [2.45, 2.75) is 36.3 Å². The van der Waals surface area contributed by atoms with Gasteiger partial charge in [0.2, 0.25) is 0 Å². The van der Waals surface area contributed by atoms with Crippen LogP contribution >= 0.6 is 23.4 Å². The van der Waals surface area contributed by atoms with Gasteiger partial charge in [-0.15, -0.1) is 11.8 Å². The molecule has 18 heavy (non-hydrogen) atoms. The molecule has 1 rings (SSSR count). The second-order valence-electron chi connectivity index (χ2n) is 4.08. The van der Waals surface area contributed by atoms with E-state index in [4.69, 9.17) is 16.7 Å². The summed E-state index contributed by atoms with van der Waals surface area (Å²) in [5, 5.41) is 5.53. The Morgan fingerprint density at radius 1 is 1.44 bits per heavy atom. The van der Waals surface area contributed by atoms with E-state index in [0.29, 0.717) is 5.56 Å². The van der Waals surface area contributed by atoms with Crippen LogP contribution in [-0.4, -0.2) is 16.3 Å². The Morgan fingerprint density at radius 3 is 2.39 bits per heavy atom. The number of alkyl halides is 3. The number of hydrogen-bond acceptors (Lipinski definition) is 2. The summed E-state index contributed by atoms with van der Waals surface area (Å²) in [6.45, 7) is 5.20. The number of carboxylic acid groups (broad SMARTS) is 1. The van der Waals surface area contributed by atoms with Gasteiger partial charge in [-0.2, -0.15) is 8.78 Å².